The molecule has 13 heteroatoms. The van der Waals surface area contributed by atoms with Crippen LogP contribution >= 0.6 is 0 Å². The second-order valence-corrected chi connectivity index (χ2v) is 10.7. The third-order valence-electron chi connectivity index (χ3n) is 5.34. The second kappa shape index (κ2) is 9.71. The largest absolute Gasteiger partial charge is 0.505 e. The van der Waals surface area contributed by atoms with Crippen LogP contribution in [0.1, 0.15) is 15.9 Å². The number of carbonyl (C=O) groups excluding carboxylic acids is 1. The maximum absolute atomic E-state index is 12.4. The number of azo groups is 1. The predicted molar refractivity (Wildman–Crippen MR) is 135 cm³/mol. The fraction of sp³-hybridized carbons (Fsp3) is 0.0417. The molecule has 0 atom stereocenters. The first-order valence-corrected chi connectivity index (χ1v) is 13.4. The first kappa shape index (κ1) is 25.9. The molecule has 0 fully saturated rings. The van der Waals surface area contributed by atoms with E-state index in [-0.39, 0.29) is 22.0 Å². The van der Waals surface area contributed by atoms with Crippen LogP contribution in [0, 0.1) is 6.92 Å². The lowest BCUT2D eigenvalue weighted by atomic mass is 10.1. The van der Waals surface area contributed by atoms with Gasteiger partial charge in [-0.15, -0.1) is 5.11 Å². The standard InChI is InChI=1S/C24H19N3O8S2/c1-14-7-8-18(13-20(14)36(30,31)32)26-27-22-21(37(33,34)35)12-16-11-17(9-10-19(16)23(22)28)25-24(29)15-5-3-2-4-6-15/h2-13,28H,1H3,(H,25,29)(H,30,31,32)(H,33,34,35). The van der Waals surface area contributed by atoms with Crippen molar-refractivity contribution in [1.82, 2.24) is 0 Å². The fourth-order valence-electron chi connectivity index (χ4n) is 3.55. The number of amides is 1. The van der Waals surface area contributed by atoms with E-state index in [1.54, 1.807) is 30.3 Å². The molecular weight excluding hydrogens is 522 g/mol. The summed E-state index contributed by atoms with van der Waals surface area (Å²) in [5.41, 5.74) is 0.272. The Morgan fingerprint density at radius 3 is 2.14 bits per heavy atom. The molecule has 0 aliphatic carbocycles. The van der Waals surface area contributed by atoms with Crippen molar-refractivity contribution in [2.45, 2.75) is 16.7 Å². The zero-order valence-corrected chi connectivity index (χ0v) is 20.7. The van der Waals surface area contributed by atoms with Gasteiger partial charge in [-0.25, -0.2) is 0 Å². The summed E-state index contributed by atoms with van der Waals surface area (Å²) in [6.07, 6.45) is 0. The number of nitrogens with one attached hydrogen (secondary N) is 1. The second-order valence-electron chi connectivity index (χ2n) is 7.93. The number of phenols is 1. The summed E-state index contributed by atoms with van der Waals surface area (Å²) in [7, 11) is -9.46. The van der Waals surface area contributed by atoms with Gasteiger partial charge in [-0.3, -0.25) is 13.9 Å². The molecule has 0 unspecified atom stereocenters. The lowest BCUT2D eigenvalue weighted by molar-refractivity contribution is 0.102. The van der Waals surface area contributed by atoms with Crippen LogP contribution in [0.3, 0.4) is 0 Å². The van der Waals surface area contributed by atoms with Crippen molar-refractivity contribution < 1.29 is 35.8 Å². The summed E-state index contributed by atoms with van der Waals surface area (Å²) in [5, 5.41) is 21.3. The topological polar surface area (TPSA) is 183 Å². The summed E-state index contributed by atoms with van der Waals surface area (Å²) >= 11 is 0. The molecule has 1 amide bonds. The molecule has 4 N–H and O–H groups in total. The van der Waals surface area contributed by atoms with E-state index in [1.165, 1.54) is 37.3 Å². The molecule has 0 radical (unpaired) electrons. The van der Waals surface area contributed by atoms with Crippen LogP contribution in [0.4, 0.5) is 17.1 Å². The average molecular weight is 542 g/mol. The Balaban J connectivity index is 1.78. The van der Waals surface area contributed by atoms with Crippen molar-refractivity contribution >= 4 is 54.0 Å². The van der Waals surface area contributed by atoms with Gasteiger partial charge in [0.15, 0.2) is 5.75 Å². The summed E-state index contributed by atoms with van der Waals surface area (Å²) in [4.78, 5) is 11.3. The van der Waals surface area contributed by atoms with Gasteiger partial charge in [0.2, 0.25) is 0 Å². The molecule has 0 aliphatic heterocycles. The third-order valence-corrected chi connectivity index (χ3v) is 7.20. The monoisotopic (exact) mass is 541 g/mol. The Bertz CT molecular complexity index is 1790. The summed E-state index contributed by atoms with van der Waals surface area (Å²) in [5.74, 6) is -1.04. The molecule has 4 aromatic carbocycles. The minimum Gasteiger partial charge on any atom is -0.505 e. The van der Waals surface area contributed by atoms with Crippen LogP contribution in [-0.2, 0) is 20.2 Å². The quantitative estimate of drug-likeness (QED) is 0.194. The number of hydrogen-bond acceptors (Lipinski definition) is 8. The van der Waals surface area contributed by atoms with Crippen LogP contribution < -0.4 is 5.32 Å². The molecule has 0 saturated heterocycles. The van der Waals surface area contributed by atoms with Crippen molar-refractivity contribution in [3.8, 4) is 5.75 Å². The molecular formula is C24H19N3O8S2. The number of rotatable bonds is 6. The van der Waals surface area contributed by atoms with Gasteiger partial charge < -0.3 is 10.4 Å². The SMILES string of the molecule is Cc1ccc(N=Nc2c(S(=O)(=O)O)cc3cc(NC(=O)c4ccccc4)ccc3c2O)cc1S(=O)(=O)O. The number of nitrogens with zero attached hydrogens (tertiary/aromatic N) is 2. The minimum absolute atomic E-state index is 0.0713. The molecule has 4 rings (SSSR count). The minimum atomic E-state index is -4.91. The molecule has 0 heterocycles. The van der Waals surface area contributed by atoms with Crippen molar-refractivity contribution in [3.63, 3.8) is 0 Å². The van der Waals surface area contributed by atoms with Crippen LogP contribution in [0.2, 0.25) is 0 Å². The molecule has 0 aromatic heterocycles. The van der Waals surface area contributed by atoms with E-state index in [4.69, 9.17) is 0 Å². The van der Waals surface area contributed by atoms with Crippen LogP contribution in [0.25, 0.3) is 10.8 Å². The van der Waals surface area contributed by atoms with E-state index in [9.17, 15) is 35.8 Å². The van der Waals surface area contributed by atoms with E-state index in [2.05, 4.69) is 15.5 Å². The van der Waals surface area contributed by atoms with Crippen LogP contribution in [0.15, 0.2) is 92.8 Å². The first-order valence-electron chi connectivity index (χ1n) is 10.5. The van der Waals surface area contributed by atoms with Gasteiger partial charge in [-0.1, -0.05) is 24.3 Å². The molecule has 0 aliphatic rings. The smallest absolute Gasteiger partial charge is 0.296 e. The highest BCUT2D eigenvalue weighted by molar-refractivity contribution is 7.86. The normalized spacial score (nSPS) is 12.2. The Kier molecular flexibility index (Phi) is 6.80. The van der Waals surface area contributed by atoms with Gasteiger partial charge >= 0.3 is 0 Å². The Labute approximate surface area is 211 Å². The lowest BCUT2D eigenvalue weighted by Gasteiger charge is -2.11. The number of carbonyl (C=O) groups is 1. The van der Waals surface area contributed by atoms with Gasteiger partial charge in [-0.05, 0) is 66.4 Å². The van der Waals surface area contributed by atoms with Gasteiger partial charge in [0.05, 0.1) is 10.6 Å². The van der Waals surface area contributed by atoms with Crippen molar-refractivity contribution in [1.29, 1.82) is 0 Å². The van der Waals surface area contributed by atoms with Crippen LogP contribution in [0.5, 0.6) is 5.75 Å². The van der Waals surface area contributed by atoms with Crippen molar-refractivity contribution in [2.75, 3.05) is 5.32 Å². The molecule has 0 saturated carbocycles. The van der Waals surface area contributed by atoms with E-state index < -0.39 is 47.4 Å². The Morgan fingerprint density at radius 2 is 1.49 bits per heavy atom. The highest BCUT2D eigenvalue weighted by Crippen LogP contribution is 2.42. The van der Waals surface area contributed by atoms with E-state index in [1.807, 2.05) is 0 Å². The highest BCUT2D eigenvalue weighted by Gasteiger charge is 2.22. The third kappa shape index (κ3) is 5.65. The maximum atomic E-state index is 12.4. The number of hydrogen-bond donors (Lipinski definition) is 4. The fourth-order valence-corrected chi connectivity index (χ4v) is 4.95. The zero-order chi connectivity index (χ0) is 27.0. The predicted octanol–water partition coefficient (Wildman–Crippen LogP) is 5.01. The molecule has 4 aromatic rings. The van der Waals surface area contributed by atoms with Gasteiger partial charge in [-0.2, -0.15) is 21.9 Å². The van der Waals surface area contributed by atoms with E-state index >= 15 is 0 Å². The van der Waals surface area contributed by atoms with E-state index in [0.717, 1.165) is 12.1 Å². The van der Waals surface area contributed by atoms with E-state index in [0.29, 0.717) is 11.3 Å². The first-order chi connectivity index (χ1) is 17.3. The Hall–Kier alpha value is -4.17. The number of fused-ring (bicyclic) bond motifs is 1. The van der Waals surface area contributed by atoms with Gasteiger partial charge in [0.25, 0.3) is 26.1 Å². The molecule has 190 valence electrons. The average Bonchev–Trinajstić information content (AvgIpc) is 2.83. The maximum Gasteiger partial charge on any atom is 0.296 e. The van der Waals surface area contributed by atoms with Crippen molar-refractivity contribution in [3.05, 3.63) is 83.9 Å². The number of aryl methyl sites for hydroxylation is 1. The Morgan fingerprint density at radius 1 is 0.811 bits per heavy atom. The number of anilines is 1. The van der Waals surface area contributed by atoms with Gasteiger partial charge in [0.1, 0.15) is 10.6 Å². The van der Waals surface area contributed by atoms with Crippen molar-refractivity contribution in [2.24, 2.45) is 10.2 Å². The summed E-state index contributed by atoms with van der Waals surface area (Å²) in [6.45, 7) is 1.45. The molecule has 37 heavy (non-hydrogen) atoms. The number of phenolic OH excluding ortho intramolecular Hbond substituents is 1. The number of benzene rings is 4. The molecule has 0 bridgehead atoms. The van der Waals surface area contributed by atoms with Crippen LogP contribution in [-0.4, -0.2) is 37.0 Å². The molecule has 11 nitrogen and oxygen atoms in total. The zero-order valence-electron chi connectivity index (χ0n) is 19.0. The molecule has 0 spiro atoms. The summed E-state index contributed by atoms with van der Waals surface area (Å²) in [6, 6.07) is 17.5. The van der Waals surface area contributed by atoms with Gasteiger partial charge in [0, 0.05) is 16.6 Å². The lowest BCUT2D eigenvalue weighted by Crippen LogP contribution is -2.11. The summed E-state index contributed by atoms with van der Waals surface area (Å²) < 4.78 is 66.4. The number of aromatic hydroxyl groups is 1. The highest BCUT2D eigenvalue weighted by atomic mass is 32.2.